The molecule has 1 N–H and O–H groups in total. The normalized spacial score (nSPS) is 20.3. The van der Waals surface area contributed by atoms with E-state index in [9.17, 15) is 0 Å². The molecule has 82 valence electrons. The van der Waals surface area contributed by atoms with E-state index in [2.05, 4.69) is 5.32 Å². The highest BCUT2D eigenvalue weighted by atomic mass is 35.5. The molecule has 0 aliphatic carbocycles. The Morgan fingerprint density at radius 2 is 2.33 bits per heavy atom. The highest BCUT2D eigenvalue weighted by Gasteiger charge is 2.17. The molecule has 15 heavy (non-hydrogen) atoms. The first-order valence-corrected chi connectivity index (χ1v) is 5.38. The van der Waals surface area contributed by atoms with E-state index < -0.39 is 0 Å². The van der Waals surface area contributed by atoms with Crippen LogP contribution in [0.2, 0.25) is 5.02 Å². The number of nitrogens with one attached hydrogen (secondary N) is 1. The van der Waals surface area contributed by atoms with Crippen molar-refractivity contribution < 1.29 is 9.47 Å². The first kappa shape index (κ1) is 10.6. The van der Waals surface area contributed by atoms with Gasteiger partial charge >= 0.3 is 0 Å². The van der Waals surface area contributed by atoms with E-state index in [1.165, 1.54) is 0 Å². The van der Waals surface area contributed by atoms with Crippen LogP contribution in [0.5, 0.6) is 5.75 Å². The van der Waals surface area contributed by atoms with E-state index in [1.807, 2.05) is 25.2 Å². The average Bonchev–Trinajstić information content (AvgIpc) is 2.69. The van der Waals surface area contributed by atoms with Gasteiger partial charge in [-0.1, -0.05) is 11.6 Å². The van der Waals surface area contributed by atoms with Crippen molar-refractivity contribution in [3.8, 4) is 5.75 Å². The molecule has 1 unspecified atom stereocenters. The number of hydrogen-bond acceptors (Lipinski definition) is 3. The van der Waals surface area contributed by atoms with Crippen LogP contribution in [0.25, 0.3) is 0 Å². The first-order valence-electron chi connectivity index (χ1n) is 5.00. The van der Waals surface area contributed by atoms with E-state index in [0.717, 1.165) is 24.5 Å². The van der Waals surface area contributed by atoms with Crippen molar-refractivity contribution in [2.75, 3.05) is 25.6 Å². The molecule has 1 atom stereocenters. The summed E-state index contributed by atoms with van der Waals surface area (Å²) in [7, 11) is 1.86. The van der Waals surface area contributed by atoms with Gasteiger partial charge in [-0.15, -0.1) is 0 Å². The number of halogens is 1. The minimum Gasteiger partial charge on any atom is -0.488 e. The Morgan fingerprint density at radius 3 is 3.00 bits per heavy atom. The Hall–Kier alpha value is -0.930. The van der Waals surface area contributed by atoms with Gasteiger partial charge in [0.15, 0.2) is 0 Å². The lowest BCUT2D eigenvalue weighted by Crippen LogP contribution is -2.15. The molecule has 0 saturated carbocycles. The molecule has 2 rings (SSSR count). The van der Waals surface area contributed by atoms with Crippen molar-refractivity contribution in [2.45, 2.75) is 12.5 Å². The predicted octanol–water partition coefficient (Wildman–Crippen LogP) is 2.55. The summed E-state index contributed by atoms with van der Waals surface area (Å²) in [5, 5.41) is 3.71. The van der Waals surface area contributed by atoms with E-state index >= 15 is 0 Å². The molecule has 0 aromatic heterocycles. The SMILES string of the molecule is CNc1cc(Cl)cc(OC2CCOC2)c1. The first-order chi connectivity index (χ1) is 7.28. The largest absolute Gasteiger partial charge is 0.488 e. The van der Waals surface area contributed by atoms with Gasteiger partial charge in [0.05, 0.1) is 13.2 Å². The number of ether oxygens (including phenoxy) is 2. The summed E-state index contributed by atoms with van der Waals surface area (Å²) >= 11 is 5.96. The monoisotopic (exact) mass is 227 g/mol. The van der Waals surface area contributed by atoms with Crippen molar-refractivity contribution in [1.29, 1.82) is 0 Å². The average molecular weight is 228 g/mol. The minimum absolute atomic E-state index is 0.160. The molecule has 1 aromatic carbocycles. The zero-order valence-corrected chi connectivity index (χ0v) is 9.38. The van der Waals surface area contributed by atoms with Crippen LogP contribution in [0.1, 0.15) is 6.42 Å². The molecule has 4 heteroatoms. The second-order valence-corrected chi connectivity index (χ2v) is 3.97. The third-order valence-corrected chi connectivity index (χ3v) is 2.57. The maximum Gasteiger partial charge on any atom is 0.124 e. The Morgan fingerprint density at radius 1 is 1.47 bits per heavy atom. The Labute approximate surface area is 94.3 Å². The quantitative estimate of drug-likeness (QED) is 0.861. The Kier molecular flexibility index (Phi) is 3.34. The van der Waals surface area contributed by atoms with Crippen LogP contribution in [-0.4, -0.2) is 26.4 Å². The van der Waals surface area contributed by atoms with Gasteiger partial charge in [0.2, 0.25) is 0 Å². The molecule has 1 aliphatic heterocycles. The predicted molar refractivity (Wildman–Crippen MR) is 60.9 cm³/mol. The molecular weight excluding hydrogens is 214 g/mol. The van der Waals surface area contributed by atoms with Crippen molar-refractivity contribution in [2.24, 2.45) is 0 Å². The van der Waals surface area contributed by atoms with Gasteiger partial charge < -0.3 is 14.8 Å². The van der Waals surface area contributed by atoms with Crippen LogP contribution in [0.3, 0.4) is 0 Å². The number of rotatable bonds is 3. The third kappa shape index (κ3) is 2.76. The van der Waals surface area contributed by atoms with Gasteiger partial charge in [-0.05, 0) is 12.1 Å². The zero-order chi connectivity index (χ0) is 10.7. The van der Waals surface area contributed by atoms with E-state index in [0.29, 0.717) is 11.6 Å². The van der Waals surface area contributed by atoms with Crippen LogP contribution in [-0.2, 0) is 4.74 Å². The fraction of sp³-hybridized carbons (Fsp3) is 0.455. The fourth-order valence-electron chi connectivity index (χ4n) is 1.57. The molecule has 1 aliphatic rings. The van der Waals surface area contributed by atoms with Crippen molar-refractivity contribution in [3.63, 3.8) is 0 Å². The third-order valence-electron chi connectivity index (χ3n) is 2.35. The number of hydrogen-bond donors (Lipinski definition) is 1. The topological polar surface area (TPSA) is 30.5 Å². The van der Waals surface area contributed by atoms with Gasteiger partial charge in [0.25, 0.3) is 0 Å². The van der Waals surface area contributed by atoms with Gasteiger partial charge in [0.1, 0.15) is 11.9 Å². The molecule has 1 saturated heterocycles. The van der Waals surface area contributed by atoms with E-state index in [4.69, 9.17) is 21.1 Å². The molecule has 1 aromatic rings. The van der Waals surface area contributed by atoms with Crippen LogP contribution < -0.4 is 10.1 Å². The van der Waals surface area contributed by atoms with Gasteiger partial charge in [-0.2, -0.15) is 0 Å². The molecule has 0 radical (unpaired) electrons. The summed E-state index contributed by atoms with van der Waals surface area (Å²) in [5.41, 5.74) is 0.955. The summed E-state index contributed by atoms with van der Waals surface area (Å²) in [4.78, 5) is 0. The molecule has 0 bridgehead atoms. The second-order valence-electron chi connectivity index (χ2n) is 3.53. The van der Waals surface area contributed by atoms with E-state index in [1.54, 1.807) is 0 Å². The summed E-state index contributed by atoms with van der Waals surface area (Å²) in [6, 6.07) is 5.62. The van der Waals surface area contributed by atoms with Crippen LogP contribution >= 0.6 is 11.6 Å². The minimum atomic E-state index is 0.160. The van der Waals surface area contributed by atoms with Gasteiger partial charge in [-0.25, -0.2) is 0 Å². The van der Waals surface area contributed by atoms with Crippen LogP contribution in [0.4, 0.5) is 5.69 Å². The molecule has 3 nitrogen and oxygen atoms in total. The lowest BCUT2D eigenvalue weighted by molar-refractivity contribution is 0.141. The summed E-state index contributed by atoms with van der Waals surface area (Å²) < 4.78 is 11.0. The molecule has 0 amide bonds. The van der Waals surface area contributed by atoms with Crippen LogP contribution in [0.15, 0.2) is 18.2 Å². The Bertz CT molecular complexity index is 337. The second kappa shape index (κ2) is 4.73. The number of anilines is 1. The highest BCUT2D eigenvalue weighted by Crippen LogP contribution is 2.26. The van der Waals surface area contributed by atoms with Crippen LogP contribution in [0, 0.1) is 0 Å². The molecule has 1 heterocycles. The lowest BCUT2D eigenvalue weighted by atomic mass is 10.3. The number of benzene rings is 1. The maximum atomic E-state index is 5.96. The van der Waals surface area contributed by atoms with Crippen molar-refractivity contribution in [1.82, 2.24) is 0 Å². The highest BCUT2D eigenvalue weighted by molar-refractivity contribution is 6.31. The van der Waals surface area contributed by atoms with Crippen molar-refractivity contribution >= 4 is 17.3 Å². The lowest BCUT2D eigenvalue weighted by Gasteiger charge is -2.13. The summed E-state index contributed by atoms with van der Waals surface area (Å²) in [6.07, 6.45) is 1.11. The maximum absolute atomic E-state index is 5.96. The van der Waals surface area contributed by atoms with Gasteiger partial charge in [-0.3, -0.25) is 0 Å². The fourth-order valence-corrected chi connectivity index (χ4v) is 1.80. The summed E-state index contributed by atoms with van der Waals surface area (Å²) in [5.74, 6) is 0.794. The van der Waals surface area contributed by atoms with E-state index in [-0.39, 0.29) is 6.10 Å². The molecule has 1 fully saturated rings. The zero-order valence-electron chi connectivity index (χ0n) is 8.63. The smallest absolute Gasteiger partial charge is 0.124 e. The van der Waals surface area contributed by atoms with Gasteiger partial charge in [0, 0.05) is 30.2 Å². The van der Waals surface area contributed by atoms with Crippen molar-refractivity contribution in [3.05, 3.63) is 23.2 Å². The molecular formula is C11H14ClNO2. The molecule has 0 spiro atoms. The Balaban J connectivity index is 2.09. The standard InChI is InChI=1S/C11H14ClNO2/c1-13-9-4-8(12)5-11(6-9)15-10-2-3-14-7-10/h4-6,10,13H,2-3,7H2,1H3. The summed E-state index contributed by atoms with van der Waals surface area (Å²) in [6.45, 7) is 1.45.